The molecule has 0 unspecified atom stereocenters. The molecule has 0 spiro atoms. The number of hydrogen-bond acceptors (Lipinski definition) is 3. The molecule has 2 rings (SSSR count). The first kappa shape index (κ1) is 15.5. The molecule has 1 aliphatic rings. The Balaban J connectivity index is 1.83. The number of carbonyl (C=O) groups excluding carboxylic acids is 1. The molecule has 0 radical (unpaired) electrons. The van der Waals surface area contributed by atoms with E-state index >= 15 is 0 Å². The summed E-state index contributed by atoms with van der Waals surface area (Å²) in [6.07, 6.45) is 6.27. The van der Waals surface area contributed by atoms with E-state index in [-0.39, 0.29) is 11.5 Å². The predicted molar refractivity (Wildman–Crippen MR) is 83.4 cm³/mol. The Morgan fingerprint density at radius 2 is 1.90 bits per heavy atom. The third-order valence-corrected chi connectivity index (χ3v) is 4.67. The standard InChI is InChI=1S/C16H22BrNO2/c1-18-16(9-3-2-4-10-16)11-15(19)20-12-13-5-7-14(17)8-6-13/h5-8,18H,2-4,9-12H2,1H3. The topological polar surface area (TPSA) is 38.3 Å². The number of rotatable bonds is 5. The Bertz CT molecular complexity index is 438. The van der Waals surface area contributed by atoms with Crippen LogP contribution in [0.25, 0.3) is 0 Å². The van der Waals surface area contributed by atoms with E-state index in [0.717, 1.165) is 22.9 Å². The van der Waals surface area contributed by atoms with Crippen LogP contribution in [0, 0.1) is 0 Å². The Morgan fingerprint density at radius 1 is 1.25 bits per heavy atom. The average molecular weight is 340 g/mol. The molecule has 1 N–H and O–H groups in total. The lowest BCUT2D eigenvalue weighted by Crippen LogP contribution is -2.46. The van der Waals surface area contributed by atoms with Gasteiger partial charge in [-0.25, -0.2) is 0 Å². The van der Waals surface area contributed by atoms with Gasteiger partial charge in [-0.05, 0) is 37.6 Å². The Kier molecular flexibility index (Phi) is 5.61. The van der Waals surface area contributed by atoms with Gasteiger partial charge in [-0.15, -0.1) is 0 Å². The van der Waals surface area contributed by atoms with Gasteiger partial charge in [0, 0.05) is 10.0 Å². The van der Waals surface area contributed by atoms with Crippen LogP contribution in [0.2, 0.25) is 0 Å². The lowest BCUT2D eigenvalue weighted by Gasteiger charge is -2.36. The van der Waals surface area contributed by atoms with Crippen molar-refractivity contribution >= 4 is 21.9 Å². The molecule has 1 aromatic rings. The first-order chi connectivity index (χ1) is 9.63. The van der Waals surface area contributed by atoms with Gasteiger partial charge >= 0.3 is 5.97 Å². The predicted octanol–water partition coefficient (Wildman–Crippen LogP) is 3.80. The smallest absolute Gasteiger partial charge is 0.307 e. The maximum absolute atomic E-state index is 12.0. The molecule has 1 saturated carbocycles. The molecule has 3 nitrogen and oxygen atoms in total. The van der Waals surface area contributed by atoms with E-state index in [4.69, 9.17) is 4.74 Å². The minimum absolute atomic E-state index is 0.0466. The summed E-state index contributed by atoms with van der Waals surface area (Å²) in [6.45, 7) is 0.353. The number of nitrogens with one attached hydrogen (secondary N) is 1. The summed E-state index contributed by atoms with van der Waals surface area (Å²) in [5.74, 6) is -0.107. The number of ether oxygens (including phenoxy) is 1. The molecular weight excluding hydrogens is 318 g/mol. The molecule has 0 bridgehead atoms. The fourth-order valence-corrected chi connectivity index (χ4v) is 3.08. The van der Waals surface area contributed by atoms with Crippen LogP contribution in [0.15, 0.2) is 28.7 Å². The largest absolute Gasteiger partial charge is 0.461 e. The first-order valence-corrected chi connectivity index (χ1v) is 8.02. The molecule has 110 valence electrons. The summed E-state index contributed by atoms with van der Waals surface area (Å²) in [7, 11) is 1.95. The van der Waals surface area contributed by atoms with Crippen LogP contribution in [-0.2, 0) is 16.1 Å². The van der Waals surface area contributed by atoms with Gasteiger partial charge < -0.3 is 10.1 Å². The summed E-state index contributed by atoms with van der Waals surface area (Å²) < 4.78 is 6.43. The van der Waals surface area contributed by atoms with Gasteiger partial charge in [0.05, 0.1) is 6.42 Å². The summed E-state index contributed by atoms with van der Waals surface area (Å²) in [4.78, 5) is 12.0. The lowest BCUT2D eigenvalue weighted by atomic mass is 9.79. The molecule has 1 fully saturated rings. The van der Waals surface area contributed by atoms with Crippen LogP contribution in [-0.4, -0.2) is 18.6 Å². The molecule has 1 aromatic carbocycles. The van der Waals surface area contributed by atoms with Crippen molar-refractivity contribution in [2.75, 3.05) is 7.05 Å². The highest BCUT2D eigenvalue weighted by atomic mass is 79.9. The van der Waals surface area contributed by atoms with Gasteiger partial charge in [-0.2, -0.15) is 0 Å². The maximum atomic E-state index is 12.0. The average Bonchev–Trinajstić information content (AvgIpc) is 2.47. The van der Waals surface area contributed by atoms with Crippen molar-refractivity contribution in [3.05, 3.63) is 34.3 Å². The molecule has 20 heavy (non-hydrogen) atoms. The minimum atomic E-state index is -0.107. The molecule has 0 amide bonds. The van der Waals surface area contributed by atoms with Gasteiger partial charge in [0.1, 0.15) is 6.61 Å². The molecule has 0 saturated heterocycles. The zero-order valence-electron chi connectivity index (χ0n) is 12.0. The minimum Gasteiger partial charge on any atom is -0.461 e. The van der Waals surface area contributed by atoms with Crippen LogP contribution in [0.1, 0.15) is 44.1 Å². The third kappa shape index (κ3) is 4.32. The van der Waals surface area contributed by atoms with Gasteiger partial charge in [0.15, 0.2) is 0 Å². The van der Waals surface area contributed by atoms with E-state index in [0.29, 0.717) is 13.0 Å². The van der Waals surface area contributed by atoms with Gasteiger partial charge in [0.2, 0.25) is 0 Å². The summed E-state index contributed by atoms with van der Waals surface area (Å²) in [5, 5.41) is 3.35. The van der Waals surface area contributed by atoms with Crippen molar-refractivity contribution in [2.24, 2.45) is 0 Å². The Labute approximate surface area is 129 Å². The number of hydrogen-bond donors (Lipinski definition) is 1. The third-order valence-electron chi connectivity index (χ3n) is 4.14. The Hall–Kier alpha value is -0.870. The van der Waals surface area contributed by atoms with Crippen LogP contribution in [0.5, 0.6) is 0 Å². The number of benzene rings is 1. The molecule has 0 heterocycles. The van der Waals surface area contributed by atoms with Crippen LogP contribution in [0.3, 0.4) is 0 Å². The summed E-state index contributed by atoms with van der Waals surface area (Å²) in [5.41, 5.74) is 0.971. The van der Waals surface area contributed by atoms with Crippen molar-refractivity contribution in [1.29, 1.82) is 0 Å². The highest BCUT2D eigenvalue weighted by molar-refractivity contribution is 9.10. The second-order valence-corrected chi connectivity index (χ2v) is 6.47. The lowest BCUT2D eigenvalue weighted by molar-refractivity contribution is -0.147. The SMILES string of the molecule is CNC1(CC(=O)OCc2ccc(Br)cc2)CCCCC1. The van der Waals surface area contributed by atoms with Crippen molar-refractivity contribution in [2.45, 2.75) is 50.7 Å². The number of halogens is 1. The summed E-state index contributed by atoms with van der Waals surface area (Å²) in [6, 6.07) is 7.84. The van der Waals surface area contributed by atoms with Crippen molar-refractivity contribution in [1.82, 2.24) is 5.32 Å². The second kappa shape index (κ2) is 7.23. The van der Waals surface area contributed by atoms with Crippen molar-refractivity contribution < 1.29 is 9.53 Å². The van der Waals surface area contributed by atoms with E-state index in [1.165, 1.54) is 19.3 Å². The van der Waals surface area contributed by atoms with Gasteiger partial charge in [-0.3, -0.25) is 4.79 Å². The molecular formula is C16H22BrNO2. The molecule has 0 aromatic heterocycles. The normalized spacial score (nSPS) is 17.7. The molecule has 1 aliphatic carbocycles. The van der Waals surface area contributed by atoms with E-state index in [9.17, 15) is 4.79 Å². The highest BCUT2D eigenvalue weighted by Crippen LogP contribution is 2.31. The Morgan fingerprint density at radius 3 is 2.50 bits per heavy atom. The molecule has 0 aliphatic heterocycles. The van der Waals surface area contributed by atoms with Gasteiger partial charge in [0.25, 0.3) is 0 Å². The molecule has 4 heteroatoms. The molecule has 0 atom stereocenters. The van der Waals surface area contributed by atoms with Crippen molar-refractivity contribution in [3.8, 4) is 0 Å². The summed E-state index contributed by atoms with van der Waals surface area (Å²) >= 11 is 3.39. The monoisotopic (exact) mass is 339 g/mol. The van der Waals surface area contributed by atoms with E-state index < -0.39 is 0 Å². The van der Waals surface area contributed by atoms with Crippen LogP contribution in [0.4, 0.5) is 0 Å². The van der Waals surface area contributed by atoms with Gasteiger partial charge in [-0.1, -0.05) is 47.3 Å². The maximum Gasteiger partial charge on any atom is 0.307 e. The zero-order valence-corrected chi connectivity index (χ0v) is 13.5. The van der Waals surface area contributed by atoms with Crippen molar-refractivity contribution in [3.63, 3.8) is 0 Å². The van der Waals surface area contributed by atoms with E-state index in [2.05, 4.69) is 21.2 Å². The van der Waals surface area contributed by atoms with E-state index in [1.807, 2.05) is 31.3 Å². The van der Waals surface area contributed by atoms with Crippen LogP contribution >= 0.6 is 15.9 Å². The zero-order chi connectivity index (χ0) is 14.4. The fraction of sp³-hybridized carbons (Fsp3) is 0.562. The first-order valence-electron chi connectivity index (χ1n) is 7.23. The highest BCUT2D eigenvalue weighted by Gasteiger charge is 2.33. The van der Waals surface area contributed by atoms with E-state index in [1.54, 1.807) is 0 Å². The fourth-order valence-electron chi connectivity index (χ4n) is 2.82. The number of carbonyl (C=O) groups is 1. The second-order valence-electron chi connectivity index (χ2n) is 5.55. The number of esters is 1. The van der Waals surface area contributed by atoms with Crippen LogP contribution < -0.4 is 5.32 Å². The quantitative estimate of drug-likeness (QED) is 0.829.